The van der Waals surface area contributed by atoms with Crippen molar-refractivity contribution < 1.29 is 14.3 Å². The molecule has 1 aromatic carbocycles. The summed E-state index contributed by atoms with van der Waals surface area (Å²) in [6, 6.07) is 5.28. The van der Waals surface area contributed by atoms with E-state index in [1.165, 1.54) is 12.8 Å². The standard InChI is InChI=1S/C15H20N2O3.ClH/c18-15(17-7-5-11-2-1-6-16-9-11)12-3-4-13-14(8-12)20-10-19-13;/h3-4,8,11,16H,1-2,5-7,9-10H2,(H,17,18);1H. The summed E-state index contributed by atoms with van der Waals surface area (Å²) in [7, 11) is 0. The van der Waals surface area contributed by atoms with Crippen LogP contribution in [0.25, 0.3) is 0 Å². The van der Waals surface area contributed by atoms with E-state index in [1.807, 2.05) is 0 Å². The lowest BCUT2D eigenvalue weighted by Gasteiger charge is -2.22. The molecule has 21 heavy (non-hydrogen) atoms. The predicted octanol–water partition coefficient (Wildman–Crippen LogP) is 1.96. The van der Waals surface area contributed by atoms with Crippen molar-refractivity contribution in [3.63, 3.8) is 0 Å². The highest BCUT2D eigenvalue weighted by atomic mass is 35.5. The van der Waals surface area contributed by atoms with Gasteiger partial charge < -0.3 is 20.1 Å². The van der Waals surface area contributed by atoms with Crippen LogP contribution in [0, 0.1) is 5.92 Å². The maximum Gasteiger partial charge on any atom is 0.251 e. The summed E-state index contributed by atoms with van der Waals surface area (Å²) < 4.78 is 10.5. The van der Waals surface area contributed by atoms with E-state index >= 15 is 0 Å². The van der Waals surface area contributed by atoms with Crippen LogP contribution in [0.4, 0.5) is 0 Å². The van der Waals surface area contributed by atoms with Gasteiger partial charge in [0.1, 0.15) is 0 Å². The Morgan fingerprint density at radius 2 is 2.19 bits per heavy atom. The monoisotopic (exact) mass is 312 g/mol. The van der Waals surface area contributed by atoms with Gasteiger partial charge in [-0.1, -0.05) is 0 Å². The fourth-order valence-corrected chi connectivity index (χ4v) is 2.70. The molecule has 1 saturated heterocycles. The normalized spacial score (nSPS) is 19.7. The minimum Gasteiger partial charge on any atom is -0.454 e. The summed E-state index contributed by atoms with van der Waals surface area (Å²) >= 11 is 0. The molecule has 0 radical (unpaired) electrons. The van der Waals surface area contributed by atoms with E-state index in [4.69, 9.17) is 9.47 Å². The van der Waals surface area contributed by atoms with Gasteiger partial charge >= 0.3 is 0 Å². The van der Waals surface area contributed by atoms with Crippen molar-refractivity contribution in [1.82, 2.24) is 10.6 Å². The van der Waals surface area contributed by atoms with Crippen molar-refractivity contribution in [3.8, 4) is 11.5 Å². The first kappa shape index (κ1) is 15.9. The van der Waals surface area contributed by atoms with Crippen LogP contribution in [-0.2, 0) is 0 Å². The van der Waals surface area contributed by atoms with Gasteiger partial charge in [-0.3, -0.25) is 4.79 Å². The number of rotatable bonds is 4. The SMILES string of the molecule is Cl.O=C(NCCC1CCCNC1)c1ccc2c(c1)OCO2. The molecule has 3 rings (SSSR count). The highest BCUT2D eigenvalue weighted by Crippen LogP contribution is 2.32. The number of fused-ring (bicyclic) bond motifs is 1. The summed E-state index contributed by atoms with van der Waals surface area (Å²) in [6.07, 6.45) is 3.52. The van der Waals surface area contributed by atoms with E-state index in [-0.39, 0.29) is 25.1 Å². The minimum absolute atomic E-state index is 0. The molecule has 0 saturated carbocycles. The molecule has 2 heterocycles. The smallest absolute Gasteiger partial charge is 0.251 e. The van der Waals surface area contributed by atoms with Gasteiger partial charge in [-0.15, -0.1) is 12.4 Å². The first-order valence-electron chi connectivity index (χ1n) is 7.21. The highest BCUT2D eigenvalue weighted by Gasteiger charge is 2.17. The van der Waals surface area contributed by atoms with Crippen molar-refractivity contribution in [1.29, 1.82) is 0 Å². The lowest BCUT2D eigenvalue weighted by Crippen LogP contribution is -2.33. The molecule has 2 aliphatic rings. The molecule has 0 spiro atoms. The molecule has 0 aromatic heterocycles. The average molecular weight is 313 g/mol. The molecule has 0 bridgehead atoms. The number of piperidine rings is 1. The van der Waals surface area contributed by atoms with Gasteiger partial charge in [0.2, 0.25) is 6.79 Å². The number of carbonyl (C=O) groups excluding carboxylic acids is 1. The molecule has 1 atom stereocenters. The predicted molar refractivity (Wildman–Crippen MR) is 82.4 cm³/mol. The summed E-state index contributed by atoms with van der Waals surface area (Å²) in [6.45, 7) is 3.15. The number of halogens is 1. The molecule has 1 fully saturated rings. The van der Waals surface area contributed by atoms with Crippen molar-refractivity contribution >= 4 is 18.3 Å². The van der Waals surface area contributed by atoms with Gasteiger partial charge in [0.05, 0.1) is 0 Å². The Labute approximate surface area is 130 Å². The molecule has 116 valence electrons. The number of ether oxygens (including phenoxy) is 2. The van der Waals surface area contributed by atoms with Gasteiger partial charge in [0.25, 0.3) is 5.91 Å². The summed E-state index contributed by atoms with van der Waals surface area (Å²) in [5.74, 6) is 1.98. The van der Waals surface area contributed by atoms with Gasteiger partial charge in [-0.05, 0) is 56.5 Å². The summed E-state index contributed by atoms with van der Waals surface area (Å²) in [5.41, 5.74) is 0.621. The van der Waals surface area contributed by atoms with E-state index < -0.39 is 0 Å². The molecule has 6 heteroatoms. The van der Waals surface area contributed by atoms with Crippen LogP contribution < -0.4 is 20.1 Å². The number of hydrogen-bond donors (Lipinski definition) is 2. The number of hydrogen-bond acceptors (Lipinski definition) is 4. The van der Waals surface area contributed by atoms with Crippen LogP contribution in [0.5, 0.6) is 11.5 Å². The van der Waals surface area contributed by atoms with Crippen LogP contribution in [0.15, 0.2) is 18.2 Å². The number of benzene rings is 1. The Bertz CT molecular complexity index is 490. The molecule has 2 aliphatic heterocycles. The highest BCUT2D eigenvalue weighted by molar-refractivity contribution is 5.94. The molecule has 0 aliphatic carbocycles. The van der Waals surface area contributed by atoms with Crippen molar-refractivity contribution in [2.24, 2.45) is 5.92 Å². The quantitative estimate of drug-likeness (QED) is 0.892. The second-order valence-electron chi connectivity index (χ2n) is 5.32. The lowest BCUT2D eigenvalue weighted by atomic mass is 9.96. The zero-order valence-corrected chi connectivity index (χ0v) is 12.7. The molecular formula is C15H21ClN2O3. The zero-order valence-electron chi connectivity index (χ0n) is 11.9. The van der Waals surface area contributed by atoms with Crippen LogP contribution in [0.2, 0.25) is 0 Å². The molecule has 5 nitrogen and oxygen atoms in total. The molecule has 1 aromatic rings. The molecular weight excluding hydrogens is 292 g/mol. The molecule has 1 unspecified atom stereocenters. The average Bonchev–Trinajstić information content (AvgIpc) is 2.95. The first-order chi connectivity index (χ1) is 9.83. The van der Waals surface area contributed by atoms with Crippen molar-refractivity contribution in [2.75, 3.05) is 26.4 Å². The van der Waals surface area contributed by atoms with Gasteiger partial charge in [0.15, 0.2) is 11.5 Å². The first-order valence-corrected chi connectivity index (χ1v) is 7.21. The van der Waals surface area contributed by atoms with E-state index in [9.17, 15) is 4.79 Å². The third-order valence-electron chi connectivity index (χ3n) is 3.87. The van der Waals surface area contributed by atoms with Gasteiger partial charge in [0, 0.05) is 12.1 Å². The third-order valence-corrected chi connectivity index (χ3v) is 3.87. The number of carbonyl (C=O) groups is 1. The summed E-state index contributed by atoms with van der Waals surface area (Å²) in [4.78, 5) is 12.1. The number of amides is 1. The van der Waals surface area contributed by atoms with Crippen LogP contribution in [0.3, 0.4) is 0 Å². The van der Waals surface area contributed by atoms with E-state index in [2.05, 4.69) is 10.6 Å². The van der Waals surface area contributed by atoms with Crippen molar-refractivity contribution in [2.45, 2.75) is 19.3 Å². The van der Waals surface area contributed by atoms with Crippen LogP contribution in [0.1, 0.15) is 29.6 Å². The Hall–Kier alpha value is -1.46. The van der Waals surface area contributed by atoms with Gasteiger partial charge in [-0.2, -0.15) is 0 Å². The van der Waals surface area contributed by atoms with E-state index in [0.717, 1.165) is 26.1 Å². The van der Waals surface area contributed by atoms with Crippen LogP contribution >= 0.6 is 12.4 Å². The Morgan fingerprint density at radius 1 is 1.33 bits per heavy atom. The van der Waals surface area contributed by atoms with Gasteiger partial charge in [-0.25, -0.2) is 0 Å². The maximum absolute atomic E-state index is 12.1. The Kier molecular flexibility index (Phi) is 5.70. The van der Waals surface area contributed by atoms with Crippen molar-refractivity contribution in [3.05, 3.63) is 23.8 Å². The number of nitrogens with one attached hydrogen (secondary N) is 2. The second kappa shape index (κ2) is 7.52. The van der Waals surface area contributed by atoms with E-state index in [0.29, 0.717) is 23.0 Å². The minimum atomic E-state index is -0.0490. The third kappa shape index (κ3) is 4.02. The topological polar surface area (TPSA) is 59.6 Å². The molecule has 1 amide bonds. The maximum atomic E-state index is 12.1. The van der Waals surface area contributed by atoms with E-state index in [1.54, 1.807) is 18.2 Å². The molecule has 2 N–H and O–H groups in total. The summed E-state index contributed by atoms with van der Waals surface area (Å²) in [5, 5.41) is 6.36. The largest absolute Gasteiger partial charge is 0.454 e. The second-order valence-corrected chi connectivity index (χ2v) is 5.32. The lowest BCUT2D eigenvalue weighted by molar-refractivity contribution is 0.0950. The Balaban J connectivity index is 0.00000161. The fraction of sp³-hybridized carbons (Fsp3) is 0.533. The fourth-order valence-electron chi connectivity index (χ4n) is 2.70. The Morgan fingerprint density at radius 3 is 3.00 bits per heavy atom. The zero-order chi connectivity index (χ0) is 13.8. The van der Waals surface area contributed by atoms with Crippen LogP contribution in [-0.4, -0.2) is 32.3 Å².